The fraction of sp³-hybridized carbons (Fsp3) is 0.500. The standard InChI is InChI=1S/C16H21N3O5/c1-2-22-16(21)19-7-5-18(6-8-19)15(20)10-17-12-3-4-13-14(9-12)24-11-23-13/h3-4,9,17H,2,5-8,10-11H2,1H3. The Morgan fingerprint density at radius 3 is 2.58 bits per heavy atom. The molecule has 2 aliphatic rings. The van der Waals surface area contributed by atoms with Crippen molar-refractivity contribution < 1.29 is 23.8 Å². The average molecular weight is 335 g/mol. The molecule has 0 radical (unpaired) electrons. The minimum absolute atomic E-state index is 0.00354. The highest BCUT2D eigenvalue weighted by molar-refractivity contribution is 5.81. The number of hydrogen-bond acceptors (Lipinski definition) is 6. The number of hydrogen-bond donors (Lipinski definition) is 1. The number of carbonyl (C=O) groups excluding carboxylic acids is 2. The van der Waals surface area contributed by atoms with Crippen molar-refractivity contribution in [2.45, 2.75) is 6.92 Å². The Balaban J connectivity index is 1.45. The molecule has 3 rings (SSSR count). The van der Waals surface area contributed by atoms with Gasteiger partial charge in [0.05, 0.1) is 13.2 Å². The van der Waals surface area contributed by atoms with Crippen LogP contribution in [0.25, 0.3) is 0 Å². The van der Waals surface area contributed by atoms with Gasteiger partial charge in [-0.1, -0.05) is 0 Å². The molecule has 2 heterocycles. The van der Waals surface area contributed by atoms with Crippen LogP contribution < -0.4 is 14.8 Å². The third-order valence-electron chi connectivity index (χ3n) is 3.97. The van der Waals surface area contributed by atoms with Gasteiger partial charge in [0.1, 0.15) is 0 Å². The predicted molar refractivity (Wildman–Crippen MR) is 86.2 cm³/mol. The Kier molecular flexibility index (Phi) is 4.93. The number of fused-ring (bicyclic) bond motifs is 1. The van der Waals surface area contributed by atoms with Crippen molar-refractivity contribution in [3.05, 3.63) is 18.2 Å². The quantitative estimate of drug-likeness (QED) is 0.888. The van der Waals surface area contributed by atoms with Crippen LogP contribution in [-0.2, 0) is 9.53 Å². The molecule has 0 spiro atoms. The number of piperazine rings is 1. The van der Waals surface area contributed by atoms with Crippen molar-refractivity contribution in [1.29, 1.82) is 0 Å². The first-order valence-electron chi connectivity index (χ1n) is 8.00. The van der Waals surface area contributed by atoms with Gasteiger partial charge in [-0.15, -0.1) is 0 Å². The summed E-state index contributed by atoms with van der Waals surface area (Å²) in [4.78, 5) is 27.3. The second kappa shape index (κ2) is 7.29. The van der Waals surface area contributed by atoms with E-state index in [1.807, 2.05) is 18.2 Å². The number of nitrogens with one attached hydrogen (secondary N) is 1. The van der Waals surface area contributed by atoms with E-state index in [9.17, 15) is 9.59 Å². The van der Waals surface area contributed by atoms with E-state index in [0.29, 0.717) is 44.3 Å². The minimum atomic E-state index is -0.317. The Morgan fingerprint density at radius 1 is 1.12 bits per heavy atom. The van der Waals surface area contributed by atoms with Crippen LogP contribution >= 0.6 is 0 Å². The van der Waals surface area contributed by atoms with Gasteiger partial charge in [-0.05, 0) is 19.1 Å². The zero-order valence-corrected chi connectivity index (χ0v) is 13.6. The first-order chi connectivity index (χ1) is 11.7. The average Bonchev–Trinajstić information content (AvgIpc) is 3.07. The van der Waals surface area contributed by atoms with Crippen molar-refractivity contribution in [3.8, 4) is 11.5 Å². The molecule has 0 aromatic heterocycles. The summed E-state index contributed by atoms with van der Waals surface area (Å²) in [7, 11) is 0. The van der Waals surface area contributed by atoms with Crippen molar-refractivity contribution in [2.24, 2.45) is 0 Å². The van der Waals surface area contributed by atoms with E-state index in [1.165, 1.54) is 0 Å². The summed E-state index contributed by atoms with van der Waals surface area (Å²) in [5.41, 5.74) is 0.803. The zero-order valence-electron chi connectivity index (χ0n) is 13.6. The summed E-state index contributed by atoms with van der Waals surface area (Å²) in [6, 6.07) is 5.47. The van der Waals surface area contributed by atoms with Gasteiger partial charge in [0.15, 0.2) is 11.5 Å². The first kappa shape index (κ1) is 16.2. The molecule has 0 aliphatic carbocycles. The maximum Gasteiger partial charge on any atom is 0.409 e. The molecule has 2 amide bonds. The lowest BCUT2D eigenvalue weighted by Crippen LogP contribution is -2.51. The van der Waals surface area contributed by atoms with Crippen LogP contribution in [0, 0.1) is 0 Å². The van der Waals surface area contributed by atoms with E-state index < -0.39 is 0 Å². The Bertz CT molecular complexity index is 614. The number of rotatable bonds is 4. The van der Waals surface area contributed by atoms with Gasteiger partial charge in [-0.25, -0.2) is 4.79 Å². The van der Waals surface area contributed by atoms with Gasteiger partial charge < -0.3 is 29.3 Å². The second-order valence-electron chi connectivity index (χ2n) is 5.49. The van der Waals surface area contributed by atoms with Crippen LogP contribution in [0.3, 0.4) is 0 Å². The largest absolute Gasteiger partial charge is 0.454 e. The van der Waals surface area contributed by atoms with Crippen molar-refractivity contribution >= 4 is 17.7 Å². The van der Waals surface area contributed by atoms with Gasteiger partial charge in [0.25, 0.3) is 0 Å². The summed E-state index contributed by atoms with van der Waals surface area (Å²) in [5.74, 6) is 1.38. The van der Waals surface area contributed by atoms with Crippen LogP contribution in [0.4, 0.5) is 10.5 Å². The number of ether oxygens (including phenoxy) is 3. The molecule has 8 heteroatoms. The van der Waals surface area contributed by atoms with Gasteiger partial charge >= 0.3 is 6.09 Å². The molecular weight excluding hydrogens is 314 g/mol. The van der Waals surface area contributed by atoms with Crippen molar-refractivity contribution in [2.75, 3.05) is 51.4 Å². The highest BCUT2D eigenvalue weighted by atomic mass is 16.7. The molecule has 1 aromatic rings. The number of benzene rings is 1. The molecule has 0 unspecified atom stereocenters. The highest BCUT2D eigenvalue weighted by Crippen LogP contribution is 2.34. The van der Waals surface area contributed by atoms with Gasteiger partial charge in [0.2, 0.25) is 12.7 Å². The Labute approximate surface area is 140 Å². The van der Waals surface area contributed by atoms with Crippen molar-refractivity contribution in [1.82, 2.24) is 9.80 Å². The van der Waals surface area contributed by atoms with E-state index in [0.717, 1.165) is 5.69 Å². The molecule has 130 valence electrons. The van der Waals surface area contributed by atoms with Crippen LogP contribution in [0.1, 0.15) is 6.92 Å². The third kappa shape index (κ3) is 3.64. The monoisotopic (exact) mass is 335 g/mol. The van der Waals surface area contributed by atoms with Gasteiger partial charge in [0, 0.05) is 37.9 Å². The van der Waals surface area contributed by atoms with E-state index in [-0.39, 0.29) is 25.3 Å². The number of nitrogens with zero attached hydrogens (tertiary/aromatic N) is 2. The lowest BCUT2D eigenvalue weighted by atomic mass is 10.2. The lowest BCUT2D eigenvalue weighted by molar-refractivity contribution is -0.130. The molecule has 1 aromatic carbocycles. The number of carbonyl (C=O) groups is 2. The maximum absolute atomic E-state index is 12.3. The molecule has 0 bridgehead atoms. The van der Waals surface area contributed by atoms with Crippen LogP contribution in [0.15, 0.2) is 18.2 Å². The third-order valence-corrected chi connectivity index (χ3v) is 3.97. The van der Waals surface area contributed by atoms with Gasteiger partial charge in [-0.2, -0.15) is 0 Å². The smallest absolute Gasteiger partial charge is 0.409 e. The van der Waals surface area contributed by atoms with Gasteiger partial charge in [-0.3, -0.25) is 4.79 Å². The van der Waals surface area contributed by atoms with E-state index in [1.54, 1.807) is 16.7 Å². The molecular formula is C16H21N3O5. The van der Waals surface area contributed by atoms with Crippen molar-refractivity contribution in [3.63, 3.8) is 0 Å². The first-order valence-corrected chi connectivity index (χ1v) is 8.00. The summed E-state index contributed by atoms with van der Waals surface area (Å²) < 4.78 is 15.5. The summed E-state index contributed by atoms with van der Waals surface area (Å²) in [6.07, 6.45) is -0.317. The Hall–Kier alpha value is -2.64. The number of anilines is 1. The zero-order chi connectivity index (χ0) is 16.9. The maximum atomic E-state index is 12.3. The fourth-order valence-corrected chi connectivity index (χ4v) is 2.65. The van der Waals surface area contributed by atoms with Crippen LogP contribution in [-0.4, -0.2) is 67.9 Å². The Morgan fingerprint density at radius 2 is 1.83 bits per heavy atom. The predicted octanol–water partition coefficient (Wildman–Crippen LogP) is 1.13. The molecule has 1 N–H and O–H groups in total. The van der Waals surface area contributed by atoms with Crippen LogP contribution in [0.2, 0.25) is 0 Å². The molecule has 8 nitrogen and oxygen atoms in total. The molecule has 2 aliphatic heterocycles. The minimum Gasteiger partial charge on any atom is -0.454 e. The molecule has 24 heavy (non-hydrogen) atoms. The molecule has 1 saturated heterocycles. The topological polar surface area (TPSA) is 80.3 Å². The summed E-state index contributed by atoms with van der Waals surface area (Å²) in [6.45, 7) is 4.57. The normalized spacial score (nSPS) is 16.0. The summed E-state index contributed by atoms with van der Waals surface area (Å²) in [5, 5.41) is 3.09. The molecule has 1 fully saturated rings. The fourth-order valence-electron chi connectivity index (χ4n) is 2.65. The highest BCUT2D eigenvalue weighted by Gasteiger charge is 2.24. The van der Waals surface area contributed by atoms with E-state index in [4.69, 9.17) is 14.2 Å². The lowest BCUT2D eigenvalue weighted by Gasteiger charge is -2.34. The SMILES string of the molecule is CCOC(=O)N1CCN(C(=O)CNc2ccc3c(c2)OCO3)CC1. The second-order valence-corrected chi connectivity index (χ2v) is 5.49. The molecule has 0 atom stereocenters. The van der Waals surface area contributed by atoms with E-state index in [2.05, 4.69) is 5.32 Å². The number of amides is 2. The molecule has 0 saturated carbocycles. The van der Waals surface area contributed by atoms with Crippen LogP contribution in [0.5, 0.6) is 11.5 Å². The van der Waals surface area contributed by atoms with E-state index >= 15 is 0 Å². The summed E-state index contributed by atoms with van der Waals surface area (Å²) >= 11 is 0.